The second kappa shape index (κ2) is 6.36. The van der Waals surface area contributed by atoms with E-state index in [-0.39, 0.29) is 0 Å². The zero-order chi connectivity index (χ0) is 13.8. The molecular weight excluding hydrogens is 300 g/mol. The molecule has 19 heavy (non-hydrogen) atoms. The van der Waals surface area contributed by atoms with E-state index in [1.165, 1.54) is 5.56 Å². The molecule has 2 heteroatoms. The fraction of sp³-hybridized carbons (Fsp3) is 0.294. The minimum absolute atomic E-state index is 0.565. The van der Waals surface area contributed by atoms with Crippen LogP contribution in [0.5, 0.6) is 0 Å². The van der Waals surface area contributed by atoms with Crippen LogP contribution in [0.2, 0.25) is 0 Å². The fourth-order valence-electron chi connectivity index (χ4n) is 2.23. The van der Waals surface area contributed by atoms with Gasteiger partial charge in [0, 0.05) is 4.47 Å². The molecular formula is C17H19BrO. The van der Waals surface area contributed by atoms with Gasteiger partial charge in [0.25, 0.3) is 0 Å². The molecule has 0 heterocycles. The van der Waals surface area contributed by atoms with Gasteiger partial charge >= 0.3 is 0 Å². The lowest BCUT2D eigenvalue weighted by atomic mass is 9.96. The first-order valence-electron chi connectivity index (χ1n) is 6.58. The summed E-state index contributed by atoms with van der Waals surface area (Å²) in [6.07, 6.45) is 0.476. The van der Waals surface area contributed by atoms with Gasteiger partial charge in [-0.05, 0) is 41.2 Å². The Hall–Kier alpha value is -1.12. The largest absolute Gasteiger partial charge is 0.384 e. The SMILES string of the molecule is CC(C)Cc1cccc(C(O)c2cccc(Br)c2)c1. The van der Waals surface area contributed by atoms with Crippen LogP contribution in [0.4, 0.5) is 0 Å². The van der Waals surface area contributed by atoms with Crippen molar-refractivity contribution in [2.24, 2.45) is 5.92 Å². The van der Waals surface area contributed by atoms with Crippen LogP contribution in [0.3, 0.4) is 0 Å². The van der Waals surface area contributed by atoms with Crippen molar-refractivity contribution in [1.82, 2.24) is 0 Å². The molecule has 1 atom stereocenters. The third-order valence-electron chi connectivity index (χ3n) is 3.08. The molecule has 0 saturated heterocycles. The van der Waals surface area contributed by atoms with E-state index < -0.39 is 6.10 Å². The Morgan fingerprint density at radius 3 is 2.26 bits per heavy atom. The summed E-state index contributed by atoms with van der Waals surface area (Å²) in [5, 5.41) is 10.5. The quantitative estimate of drug-likeness (QED) is 0.864. The van der Waals surface area contributed by atoms with Gasteiger partial charge in [0.2, 0.25) is 0 Å². The van der Waals surface area contributed by atoms with Gasteiger partial charge in [0.1, 0.15) is 6.10 Å². The lowest BCUT2D eigenvalue weighted by Gasteiger charge is -2.14. The average molecular weight is 319 g/mol. The van der Waals surface area contributed by atoms with Crippen LogP contribution in [-0.4, -0.2) is 5.11 Å². The summed E-state index contributed by atoms with van der Waals surface area (Å²) in [5.74, 6) is 0.623. The van der Waals surface area contributed by atoms with Gasteiger partial charge in [0.15, 0.2) is 0 Å². The standard InChI is InChI=1S/C17H19BrO/c1-12(2)9-13-5-3-6-14(10-13)17(19)15-7-4-8-16(18)11-15/h3-8,10-12,17,19H,9H2,1-2H3. The van der Waals surface area contributed by atoms with Gasteiger partial charge < -0.3 is 5.11 Å². The van der Waals surface area contributed by atoms with Crippen LogP contribution in [0.1, 0.15) is 36.6 Å². The minimum atomic E-state index is -0.565. The molecule has 0 bridgehead atoms. The first-order valence-corrected chi connectivity index (χ1v) is 7.38. The van der Waals surface area contributed by atoms with Gasteiger partial charge in [0.05, 0.1) is 0 Å². The predicted molar refractivity (Wildman–Crippen MR) is 83.2 cm³/mol. The Balaban J connectivity index is 2.26. The van der Waals surface area contributed by atoms with Crippen molar-refractivity contribution in [2.45, 2.75) is 26.4 Å². The van der Waals surface area contributed by atoms with Crippen LogP contribution in [0, 0.1) is 5.92 Å². The third kappa shape index (κ3) is 3.92. The molecule has 1 N–H and O–H groups in total. The molecule has 1 unspecified atom stereocenters. The van der Waals surface area contributed by atoms with Gasteiger partial charge in [-0.15, -0.1) is 0 Å². The molecule has 0 saturated carbocycles. The summed E-state index contributed by atoms with van der Waals surface area (Å²) < 4.78 is 0.988. The smallest absolute Gasteiger partial charge is 0.104 e. The molecule has 0 aliphatic carbocycles. The maximum absolute atomic E-state index is 10.5. The van der Waals surface area contributed by atoms with E-state index in [1.54, 1.807) is 0 Å². The van der Waals surface area contributed by atoms with Crippen LogP contribution in [0.25, 0.3) is 0 Å². The molecule has 0 aliphatic rings. The highest BCUT2D eigenvalue weighted by Gasteiger charge is 2.11. The molecule has 0 fully saturated rings. The Bertz CT molecular complexity index is 548. The van der Waals surface area contributed by atoms with Crippen LogP contribution < -0.4 is 0 Å². The minimum Gasteiger partial charge on any atom is -0.384 e. The number of hydrogen-bond acceptors (Lipinski definition) is 1. The number of aliphatic hydroxyl groups excluding tert-OH is 1. The summed E-state index contributed by atoms with van der Waals surface area (Å²) in [6.45, 7) is 4.41. The molecule has 0 aromatic heterocycles. The maximum atomic E-state index is 10.5. The van der Waals surface area contributed by atoms with E-state index in [0.29, 0.717) is 5.92 Å². The Morgan fingerprint density at radius 1 is 1.00 bits per heavy atom. The average Bonchev–Trinajstić information content (AvgIpc) is 2.37. The predicted octanol–water partition coefficient (Wildman–Crippen LogP) is 4.73. The van der Waals surface area contributed by atoms with Gasteiger partial charge in [-0.1, -0.05) is 66.2 Å². The van der Waals surface area contributed by atoms with Crippen molar-refractivity contribution >= 4 is 15.9 Å². The second-order valence-corrected chi connectivity index (χ2v) is 6.22. The summed E-state index contributed by atoms with van der Waals surface area (Å²) in [6, 6.07) is 16.0. The van der Waals surface area contributed by atoms with E-state index in [0.717, 1.165) is 22.0 Å². The van der Waals surface area contributed by atoms with Crippen LogP contribution in [0.15, 0.2) is 53.0 Å². The van der Waals surface area contributed by atoms with Crippen molar-refractivity contribution < 1.29 is 5.11 Å². The molecule has 2 aromatic carbocycles. The Labute approximate surface area is 123 Å². The number of hydrogen-bond donors (Lipinski definition) is 1. The molecule has 100 valence electrons. The Morgan fingerprint density at radius 2 is 1.63 bits per heavy atom. The maximum Gasteiger partial charge on any atom is 0.104 e. The van der Waals surface area contributed by atoms with Gasteiger partial charge in [-0.25, -0.2) is 0 Å². The van der Waals surface area contributed by atoms with Gasteiger partial charge in [-0.3, -0.25) is 0 Å². The monoisotopic (exact) mass is 318 g/mol. The summed E-state index contributed by atoms with van der Waals surface area (Å²) in [5.41, 5.74) is 3.15. The number of aliphatic hydroxyl groups is 1. The van der Waals surface area contributed by atoms with Crippen molar-refractivity contribution in [1.29, 1.82) is 0 Å². The fourth-order valence-corrected chi connectivity index (χ4v) is 2.65. The zero-order valence-corrected chi connectivity index (χ0v) is 12.9. The number of halogens is 1. The second-order valence-electron chi connectivity index (χ2n) is 5.30. The number of benzene rings is 2. The topological polar surface area (TPSA) is 20.2 Å². The lowest BCUT2D eigenvalue weighted by molar-refractivity contribution is 0.220. The summed E-state index contributed by atoms with van der Waals surface area (Å²) in [4.78, 5) is 0. The highest BCUT2D eigenvalue weighted by molar-refractivity contribution is 9.10. The van der Waals surface area contributed by atoms with Crippen molar-refractivity contribution in [3.8, 4) is 0 Å². The summed E-state index contributed by atoms with van der Waals surface area (Å²) >= 11 is 3.44. The first kappa shape index (κ1) is 14.3. The summed E-state index contributed by atoms with van der Waals surface area (Å²) in [7, 11) is 0. The van der Waals surface area contributed by atoms with Crippen LogP contribution in [-0.2, 0) is 6.42 Å². The van der Waals surface area contributed by atoms with E-state index >= 15 is 0 Å². The first-order chi connectivity index (χ1) is 9.06. The highest BCUT2D eigenvalue weighted by Crippen LogP contribution is 2.25. The van der Waals surface area contributed by atoms with Crippen molar-refractivity contribution in [3.05, 3.63) is 69.7 Å². The van der Waals surface area contributed by atoms with E-state index in [2.05, 4.69) is 41.9 Å². The van der Waals surface area contributed by atoms with Crippen molar-refractivity contribution in [2.75, 3.05) is 0 Å². The van der Waals surface area contributed by atoms with Gasteiger partial charge in [-0.2, -0.15) is 0 Å². The molecule has 0 aliphatic heterocycles. The Kier molecular flexibility index (Phi) is 4.78. The molecule has 1 nitrogen and oxygen atoms in total. The zero-order valence-electron chi connectivity index (χ0n) is 11.3. The lowest BCUT2D eigenvalue weighted by Crippen LogP contribution is -2.01. The third-order valence-corrected chi connectivity index (χ3v) is 3.57. The van der Waals surface area contributed by atoms with E-state index in [1.807, 2.05) is 36.4 Å². The molecule has 0 spiro atoms. The normalized spacial score (nSPS) is 12.7. The molecule has 0 amide bonds. The molecule has 2 rings (SSSR count). The molecule has 2 aromatic rings. The number of rotatable bonds is 4. The van der Waals surface area contributed by atoms with Crippen LogP contribution >= 0.6 is 15.9 Å². The van der Waals surface area contributed by atoms with E-state index in [9.17, 15) is 5.11 Å². The molecule has 0 radical (unpaired) electrons. The highest BCUT2D eigenvalue weighted by atomic mass is 79.9. The van der Waals surface area contributed by atoms with E-state index in [4.69, 9.17) is 0 Å². The van der Waals surface area contributed by atoms with Crippen molar-refractivity contribution in [3.63, 3.8) is 0 Å².